The smallest absolute Gasteiger partial charge is 0.325 e. The second-order valence-electron chi connectivity index (χ2n) is 5.84. The van der Waals surface area contributed by atoms with Crippen LogP contribution in [0.2, 0.25) is 0 Å². The summed E-state index contributed by atoms with van der Waals surface area (Å²) in [4.78, 5) is 38.8. The molecule has 0 saturated heterocycles. The standard InChI is InChI=1S/C17H26N4O3/c1-6-21(11-16(23)20(4)5)10-15(22)19-17(24)18-14-9-7-8-12(2)13(14)3/h7-9H,6,10-11H2,1-5H3,(H2,18,19,22,24). The van der Waals surface area contributed by atoms with Crippen LogP contribution >= 0.6 is 0 Å². The van der Waals surface area contributed by atoms with Crippen LogP contribution in [0.5, 0.6) is 0 Å². The summed E-state index contributed by atoms with van der Waals surface area (Å²) < 4.78 is 0. The molecule has 7 nitrogen and oxygen atoms in total. The number of nitrogens with zero attached hydrogens (tertiary/aromatic N) is 2. The van der Waals surface area contributed by atoms with Gasteiger partial charge in [0.2, 0.25) is 11.8 Å². The predicted molar refractivity (Wildman–Crippen MR) is 93.9 cm³/mol. The summed E-state index contributed by atoms with van der Waals surface area (Å²) in [5.41, 5.74) is 2.67. The first-order chi connectivity index (χ1) is 11.2. The summed E-state index contributed by atoms with van der Waals surface area (Å²) in [6.07, 6.45) is 0. The molecule has 4 amide bonds. The average molecular weight is 334 g/mol. The first-order valence-electron chi connectivity index (χ1n) is 7.84. The highest BCUT2D eigenvalue weighted by molar-refractivity contribution is 6.02. The number of anilines is 1. The van der Waals surface area contributed by atoms with E-state index in [9.17, 15) is 14.4 Å². The molecular formula is C17H26N4O3. The fraction of sp³-hybridized carbons (Fsp3) is 0.471. The zero-order valence-electron chi connectivity index (χ0n) is 15.0. The van der Waals surface area contributed by atoms with E-state index in [2.05, 4.69) is 10.6 Å². The maximum absolute atomic E-state index is 12.0. The van der Waals surface area contributed by atoms with Crippen LogP contribution in [0, 0.1) is 13.8 Å². The minimum absolute atomic E-state index is 0.0176. The highest BCUT2D eigenvalue weighted by Gasteiger charge is 2.16. The quantitative estimate of drug-likeness (QED) is 0.823. The van der Waals surface area contributed by atoms with Gasteiger partial charge >= 0.3 is 6.03 Å². The largest absolute Gasteiger partial charge is 0.348 e. The molecule has 24 heavy (non-hydrogen) atoms. The Morgan fingerprint density at radius 2 is 1.75 bits per heavy atom. The van der Waals surface area contributed by atoms with Crippen LogP contribution in [0.25, 0.3) is 0 Å². The molecule has 1 aromatic rings. The summed E-state index contributed by atoms with van der Waals surface area (Å²) in [5, 5.41) is 4.95. The molecule has 0 aliphatic heterocycles. The third-order valence-corrected chi connectivity index (χ3v) is 3.78. The van der Waals surface area contributed by atoms with Gasteiger partial charge in [-0.3, -0.25) is 19.8 Å². The SMILES string of the molecule is CCN(CC(=O)NC(=O)Nc1cccc(C)c1C)CC(=O)N(C)C. The molecule has 1 aromatic carbocycles. The van der Waals surface area contributed by atoms with Gasteiger partial charge in [0.1, 0.15) is 0 Å². The van der Waals surface area contributed by atoms with Gasteiger partial charge in [-0.15, -0.1) is 0 Å². The molecule has 0 fully saturated rings. The topological polar surface area (TPSA) is 81.8 Å². The third kappa shape index (κ3) is 6.00. The Bertz CT molecular complexity index is 614. The minimum Gasteiger partial charge on any atom is -0.348 e. The van der Waals surface area contributed by atoms with Crippen LogP contribution in [0.15, 0.2) is 18.2 Å². The Morgan fingerprint density at radius 3 is 2.33 bits per heavy atom. The Kier molecular flexibility index (Phi) is 7.38. The highest BCUT2D eigenvalue weighted by Crippen LogP contribution is 2.17. The summed E-state index contributed by atoms with van der Waals surface area (Å²) in [5.74, 6) is -0.546. The number of benzene rings is 1. The summed E-state index contributed by atoms with van der Waals surface area (Å²) in [6, 6.07) is 4.99. The molecule has 0 atom stereocenters. The molecule has 0 radical (unpaired) electrons. The monoisotopic (exact) mass is 334 g/mol. The van der Waals surface area contributed by atoms with E-state index in [1.54, 1.807) is 25.1 Å². The van der Waals surface area contributed by atoms with Crippen molar-refractivity contribution in [3.05, 3.63) is 29.3 Å². The molecule has 1 rings (SSSR count). The van der Waals surface area contributed by atoms with Crippen molar-refractivity contribution in [2.45, 2.75) is 20.8 Å². The number of hydrogen-bond donors (Lipinski definition) is 2. The van der Waals surface area contributed by atoms with Crippen molar-refractivity contribution in [3.8, 4) is 0 Å². The number of aryl methyl sites for hydroxylation is 1. The number of hydrogen-bond acceptors (Lipinski definition) is 4. The minimum atomic E-state index is -0.580. The van der Waals surface area contributed by atoms with Crippen LogP contribution < -0.4 is 10.6 Å². The number of carbonyl (C=O) groups excluding carboxylic acids is 3. The van der Waals surface area contributed by atoms with Crippen LogP contribution in [0.3, 0.4) is 0 Å². The third-order valence-electron chi connectivity index (χ3n) is 3.78. The second-order valence-corrected chi connectivity index (χ2v) is 5.84. The number of rotatable bonds is 6. The van der Waals surface area contributed by atoms with Crippen LogP contribution in [-0.2, 0) is 9.59 Å². The van der Waals surface area contributed by atoms with E-state index in [4.69, 9.17) is 0 Å². The van der Waals surface area contributed by atoms with Crippen LogP contribution in [0.4, 0.5) is 10.5 Å². The van der Waals surface area contributed by atoms with Crippen molar-refractivity contribution in [3.63, 3.8) is 0 Å². The van der Waals surface area contributed by atoms with Crippen molar-refractivity contribution >= 4 is 23.5 Å². The van der Waals surface area contributed by atoms with Gasteiger partial charge < -0.3 is 10.2 Å². The molecule has 0 aromatic heterocycles. The van der Waals surface area contributed by atoms with Gasteiger partial charge in [-0.25, -0.2) is 4.79 Å². The molecule has 0 saturated carbocycles. The second kappa shape index (κ2) is 9.02. The van der Waals surface area contributed by atoms with E-state index in [1.807, 2.05) is 32.9 Å². The van der Waals surface area contributed by atoms with E-state index in [1.165, 1.54) is 4.90 Å². The van der Waals surface area contributed by atoms with Gasteiger partial charge in [0.05, 0.1) is 13.1 Å². The first-order valence-corrected chi connectivity index (χ1v) is 7.84. The van der Waals surface area contributed by atoms with E-state index in [0.717, 1.165) is 11.1 Å². The van der Waals surface area contributed by atoms with E-state index in [0.29, 0.717) is 12.2 Å². The number of imide groups is 1. The molecule has 0 unspecified atom stereocenters. The van der Waals surface area contributed by atoms with Crippen LogP contribution in [0.1, 0.15) is 18.1 Å². The number of amides is 4. The molecule has 0 spiro atoms. The lowest BCUT2D eigenvalue weighted by molar-refractivity contribution is -0.130. The summed E-state index contributed by atoms with van der Waals surface area (Å²) in [6.45, 7) is 6.35. The molecule has 2 N–H and O–H groups in total. The van der Waals surface area contributed by atoms with Gasteiger partial charge in [-0.2, -0.15) is 0 Å². The number of nitrogens with one attached hydrogen (secondary N) is 2. The lowest BCUT2D eigenvalue weighted by Gasteiger charge is -2.21. The van der Waals surface area contributed by atoms with Crippen molar-refractivity contribution in [2.24, 2.45) is 0 Å². The number of carbonyl (C=O) groups is 3. The van der Waals surface area contributed by atoms with E-state index >= 15 is 0 Å². The van der Waals surface area contributed by atoms with Gasteiger partial charge in [-0.1, -0.05) is 19.1 Å². The Balaban J connectivity index is 2.55. The average Bonchev–Trinajstić information content (AvgIpc) is 2.50. The van der Waals surface area contributed by atoms with E-state index in [-0.39, 0.29) is 19.0 Å². The van der Waals surface area contributed by atoms with Gasteiger partial charge in [0.25, 0.3) is 0 Å². The molecule has 0 heterocycles. The Hall–Kier alpha value is -2.41. The van der Waals surface area contributed by atoms with Gasteiger partial charge in [0.15, 0.2) is 0 Å². The first kappa shape index (κ1) is 19.6. The molecular weight excluding hydrogens is 308 g/mol. The van der Waals surface area contributed by atoms with Crippen molar-refractivity contribution in [1.29, 1.82) is 0 Å². The molecule has 0 aliphatic carbocycles. The molecule has 0 aliphatic rings. The van der Waals surface area contributed by atoms with Crippen LogP contribution in [-0.4, -0.2) is 61.4 Å². The van der Waals surface area contributed by atoms with Gasteiger partial charge in [0, 0.05) is 19.8 Å². The predicted octanol–water partition coefficient (Wildman–Crippen LogP) is 1.36. The van der Waals surface area contributed by atoms with Gasteiger partial charge in [-0.05, 0) is 37.6 Å². The van der Waals surface area contributed by atoms with Crippen molar-refractivity contribution < 1.29 is 14.4 Å². The van der Waals surface area contributed by atoms with Crippen molar-refractivity contribution in [2.75, 3.05) is 39.0 Å². The Morgan fingerprint density at radius 1 is 1.08 bits per heavy atom. The zero-order chi connectivity index (χ0) is 18.3. The number of likely N-dealkylation sites (N-methyl/N-ethyl adjacent to an activating group) is 2. The normalized spacial score (nSPS) is 10.4. The molecule has 0 bridgehead atoms. The summed E-state index contributed by atoms with van der Waals surface area (Å²) >= 11 is 0. The van der Waals surface area contributed by atoms with Crippen molar-refractivity contribution in [1.82, 2.24) is 15.1 Å². The molecule has 132 valence electrons. The fourth-order valence-electron chi connectivity index (χ4n) is 2.02. The zero-order valence-corrected chi connectivity index (χ0v) is 15.0. The molecule has 7 heteroatoms. The maximum atomic E-state index is 12.0. The fourth-order valence-corrected chi connectivity index (χ4v) is 2.02. The summed E-state index contributed by atoms with van der Waals surface area (Å²) in [7, 11) is 3.32. The Labute approximate surface area is 143 Å². The number of urea groups is 1. The lowest BCUT2D eigenvalue weighted by atomic mass is 10.1. The van der Waals surface area contributed by atoms with E-state index < -0.39 is 11.9 Å². The highest BCUT2D eigenvalue weighted by atomic mass is 16.2. The lowest BCUT2D eigenvalue weighted by Crippen LogP contribution is -2.44. The maximum Gasteiger partial charge on any atom is 0.325 e.